The zero-order valence-corrected chi connectivity index (χ0v) is 21.7. The van der Waals surface area contributed by atoms with Crippen molar-refractivity contribution in [3.8, 4) is 0 Å². The lowest BCUT2D eigenvalue weighted by atomic mass is 10.1. The topological polar surface area (TPSA) is 255 Å². The van der Waals surface area contributed by atoms with Crippen LogP contribution < -0.4 is 10.6 Å². The maximum absolute atomic E-state index is 12.9. The van der Waals surface area contributed by atoms with Crippen molar-refractivity contribution in [2.45, 2.75) is 5.66 Å². The van der Waals surface area contributed by atoms with Crippen molar-refractivity contribution in [1.29, 1.82) is 0 Å². The van der Waals surface area contributed by atoms with E-state index >= 15 is 0 Å². The molecule has 0 aliphatic carbocycles. The second-order valence-corrected chi connectivity index (χ2v) is 13.3. The number of rotatable bonds is 13. The summed E-state index contributed by atoms with van der Waals surface area (Å²) in [5.74, 6) is -1.49. The zero-order valence-electron chi connectivity index (χ0n) is 18.5. The molecule has 0 bridgehead atoms. The summed E-state index contributed by atoms with van der Waals surface area (Å²) < 4.78 is 109. The molecule has 1 fully saturated rings. The number of imide groups is 1. The molecule has 0 radical (unpaired) electrons. The SMILES string of the molecule is CS(=O)(=O)OCNC(=O)N(COS(C)(=O)=O)C1(COS(C)(=O)=O)C(=O)NC(=O)N1COS(C)(=O)=O. The molecule has 1 saturated heterocycles. The summed E-state index contributed by atoms with van der Waals surface area (Å²) in [5.41, 5.74) is -2.93. The molecule has 0 aromatic heterocycles. The molecule has 1 rings (SSSR count). The standard InChI is InChI=1S/C12H22N4O15S4/c1-32(20,21)28-5-12(9(17)14-11(19)16(12)8-31-35(4,26)27)15(7-30-34(3,24)25)10(18)13-6-29-33(2,22)23/h5-8H2,1-4H3,(H,13,18)(H,14,17,19). The van der Waals surface area contributed by atoms with Gasteiger partial charge in [0, 0.05) is 0 Å². The first-order chi connectivity index (χ1) is 15.6. The lowest BCUT2D eigenvalue weighted by Crippen LogP contribution is -2.69. The Morgan fingerprint density at radius 1 is 0.857 bits per heavy atom. The number of nitrogens with zero attached hydrogens (tertiary/aromatic N) is 2. The summed E-state index contributed by atoms with van der Waals surface area (Å²) >= 11 is 0. The summed E-state index contributed by atoms with van der Waals surface area (Å²) in [6, 6.07) is -2.94. The van der Waals surface area contributed by atoms with E-state index in [9.17, 15) is 48.1 Å². The van der Waals surface area contributed by atoms with Crippen LogP contribution in [0.15, 0.2) is 0 Å². The van der Waals surface area contributed by atoms with Crippen LogP contribution >= 0.6 is 0 Å². The Kier molecular flexibility index (Phi) is 9.58. The highest BCUT2D eigenvalue weighted by molar-refractivity contribution is 7.86. The maximum atomic E-state index is 12.9. The average Bonchev–Trinajstić information content (AvgIpc) is 2.85. The molecule has 1 heterocycles. The predicted octanol–water partition coefficient (Wildman–Crippen LogP) is -3.98. The van der Waals surface area contributed by atoms with Gasteiger partial charge in [-0.05, 0) is 0 Å². The van der Waals surface area contributed by atoms with E-state index in [1.165, 1.54) is 0 Å². The van der Waals surface area contributed by atoms with Gasteiger partial charge in [0.1, 0.15) is 26.8 Å². The second kappa shape index (κ2) is 10.9. The number of amides is 5. The second-order valence-electron chi connectivity index (χ2n) is 6.75. The molecule has 19 nitrogen and oxygen atoms in total. The molecule has 1 unspecified atom stereocenters. The minimum Gasteiger partial charge on any atom is -0.313 e. The minimum absolute atomic E-state index is 0.122. The van der Waals surface area contributed by atoms with E-state index in [1.807, 2.05) is 5.32 Å². The molecule has 204 valence electrons. The smallest absolute Gasteiger partial charge is 0.313 e. The van der Waals surface area contributed by atoms with Crippen molar-refractivity contribution in [2.75, 3.05) is 51.8 Å². The molecule has 0 aromatic carbocycles. The summed E-state index contributed by atoms with van der Waals surface area (Å²) in [4.78, 5) is 38.4. The fraction of sp³-hybridized carbons (Fsp3) is 0.750. The fourth-order valence-electron chi connectivity index (χ4n) is 2.32. The third kappa shape index (κ3) is 9.79. The van der Waals surface area contributed by atoms with Crippen LogP contribution in [0.25, 0.3) is 0 Å². The first kappa shape index (κ1) is 30.9. The third-order valence-electron chi connectivity index (χ3n) is 3.73. The Balaban J connectivity index is 3.62. The van der Waals surface area contributed by atoms with Crippen LogP contribution in [-0.4, -0.2) is 119 Å². The van der Waals surface area contributed by atoms with Gasteiger partial charge in [-0.2, -0.15) is 33.7 Å². The Bertz CT molecular complexity index is 1270. The van der Waals surface area contributed by atoms with Gasteiger partial charge in [-0.1, -0.05) is 0 Å². The van der Waals surface area contributed by atoms with Crippen LogP contribution in [-0.2, 0) is 62.0 Å². The monoisotopic (exact) mass is 590 g/mol. The molecule has 35 heavy (non-hydrogen) atoms. The van der Waals surface area contributed by atoms with E-state index in [-0.39, 0.29) is 9.80 Å². The van der Waals surface area contributed by atoms with Crippen molar-refractivity contribution < 1.29 is 64.8 Å². The van der Waals surface area contributed by atoms with Crippen molar-refractivity contribution in [1.82, 2.24) is 20.4 Å². The van der Waals surface area contributed by atoms with Crippen molar-refractivity contribution in [3.05, 3.63) is 0 Å². The molecule has 0 saturated carbocycles. The molecule has 5 amide bonds. The molecular weight excluding hydrogens is 568 g/mol. The van der Waals surface area contributed by atoms with E-state index in [0.717, 1.165) is 0 Å². The number of carbonyl (C=O) groups is 3. The first-order valence-electron chi connectivity index (χ1n) is 8.63. The lowest BCUT2D eigenvalue weighted by Gasteiger charge is -2.42. The van der Waals surface area contributed by atoms with Gasteiger partial charge in [-0.3, -0.25) is 24.1 Å². The fourth-order valence-corrected chi connectivity index (χ4v) is 3.57. The van der Waals surface area contributed by atoms with Crippen LogP contribution in [0.3, 0.4) is 0 Å². The molecule has 1 aliphatic rings. The Labute approximate surface area is 201 Å². The van der Waals surface area contributed by atoms with Gasteiger partial charge in [-0.25, -0.2) is 22.1 Å². The van der Waals surface area contributed by atoms with E-state index < -0.39 is 90.9 Å². The molecule has 2 N–H and O–H groups in total. The largest absolute Gasteiger partial charge is 0.328 e. The molecule has 0 spiro atoms. The van der Waals surface area contributed by atoms with Crippen LogP contribution in [0, 0.1) is 0 Å². The number of nitrogens with one attached hydrogen (secondary N) is 2. The molecule has 23 heteroatoms. The highest BCUT2D eigenvalue weighted by Crippen LogP contribution is 2.29. The Morgan fingerprint density at radius 3 is 1.80 bits per heavy atom. The van der Waals surface area contributed by atoms with E-state index in [0.29, 0.717) is 25.0 Å². The molecular formula is C12H22N4O15S4. The van der Waals surface area contributed by atoms with Gasteiger partial charge < -0.3 is 5.32 Å². The first-order valence-corrected chi connectivity index (χ1v) is 15.9. The third-order valence-corrected chi connectivity index (χ3v) is 5.89. The molecule has 1 atom stereocenters. The Morgan fingerprint density at radius 2 is 1.34 bits per heavy atom. The average molecular weight is 591 g/mol. The van der Waals surface area contributed by atoms with E-state index in [4.69, 9.17) is 0 Å². The van der Waals surface area contributed by atoms with Crippen LogP contribution in [0.4, 0.5) is 9.59 Å². The van der Waals surface area contributed by atoms with Crippen LogP contribution in [0.5, 0.6) is 0 Å². The number of hydrogen-bond donors (Lipinski definition) is 2. The van der Waals surface area contributed by atoms with Gasteiger partial charge in [0.15, 0.2) is 0 Å². The minimum atomic E-state index is -4.39. The highest BCUT2D eigenvalue weighted by atomic mass is 32.2. The van der Waals surface area contributed by atoms with Gasteiger partial charge in [-0.15, -0.1) is 0 Å². The molecule has 0 aromatic rings. The highest BCUT2D eigenvalue weighted by Gasteiger charge is 2.60. The van der Waals surface area contributed by atoms with Crippen molar-refractivity contribution in [3.63, 3.8) is 0 Å². The number of hydrogen-bond acceptors (Lipinski definition) is 15. The van der Waals surface area contributed by atoms with E-state index in [1.54, 1.807) is 5.32 Å². The number of carbonyl (C=O) groups excluding carboxylic acids is 3. The number of urea groups is 2. The normalized spacial score (nSPS) is 19.5. The van der Waals surface area contributed by atoms with Crippen molar-refractivity contribution >= 4 is 58.4 Å². The van der Waals surface area contributed by atoms with Gasteiger partial charge in [0.05, 0.1) is 25.0 Å². The van der Waals surface area contributed by atoms with Crippen LogP contribution in [0.2, 0.25) is 0 Å². The predicted molar refractivity (Wildman–Crippen MR) is 112 cm³/mol. The zero-order chi connectivity index (χ0) is 27.5. The van der Waals surface area contributed by atoms with Gasteiger partial charge in [0.25, 0.3) is 46.4 Å². The lowest BCUT2D eigenvalue weighted by molar-refractivity contribution is -0.143. The van der Waals surface area contributed by atoms with Gasteiger partial charge in [0.2, 0.25) is 5.66 Å². The summed E-state index contributed by atoms with van der Waals surface area (Å²) in [6.07, 6.45) is 2.26. The summed E-state index contributed by atoms with van der Waals surface area (Å²) in [6.45, 7) is -5.13. The van der Waals surface area contributed by atoms with Crippen LogP contribution in [0.1, 0.15) is 0 Å². The maximum Gasteiger partial charge on any atom is 0.328 e. The molecule has 1 aliphatic heterocycles. The van der Waals surface area contributed by atoms with Gasteiger partial charge >= 0.3 is 12.1 Å². The van der Waals surface area contributed by atoms with Crippen molar-refractivity contribution in [2.24, 2.45) is 0 Å². The summed E-state index contributed by atoms with van der Waals surface area (Å²) in [5, 5.41) is 3.52. The van der Waals surface area contributed by atoms with E-state index in [2.05, 4.69) is 16.7 Å². The summed E-state index contributed by atoms with van der Waals surface area (Å²) in [7, 11) is -17.1. The quantitative estimate of drug-likeness (QED) is 0.118. The Hall–Kier alpha value is -2.15.